The number of benzene rings is 3. The minimum atomic E-state index is 0.574. The van der Waals surface area contributed by atoms with E-state index in [4.69, 9.17) is 9.47 Å². The van der Waals surface area contributed by atoms with Crippen LogP contribution in [-0.2, 0) is 6.61 Å². The molecule has 0 N–H and O–H groups in total. The van der Waals surface area contributed by atoms with Gasteiger partial charge in [0, 0.05) is 10.9 Å². The number of para-hydroxylation sites is 1. The van der Waals surface area contributed by atoms with Gasteiger partial charge in [0.1, 0.15) is 18.1 Å². The first-order valence-corrected chi connectivity index (χ1v) is 9.45. The van der Waals surface area contributed by atoms with Crippen molar-refractivity contribution in [1.29, 1.82) is 0 Å². The minimum absolute atomic E-state index is 0.574. The van der Waals surface area contributed by atoms with Crippen LogP contribution in [0.3, 0.4) is 0 Å². The largest absolute Gasteiger partial charge is 0.492 e. The van der Waals surface area contributed by atoms with Gasteiger partial charge in [-0.25, -0.2) is 0 Å². The molecule has 0 radical (unpaired) electrons. The molecule has 0 amide bonds. The average Bonchev–Trinajstić information content (AvgIpc) is 2.66. The second-order valence-corrected chi connectivity index (χ2v) is 6.58. The molecule has 0 aromatic heterocycles. The van der Waals surface area contributed by atoms with Gasteiger partial charge in [0.15, 0.2) is 0 Å². The summed E-state index contributed by atoms with van der Waals surface area (Å²) >= 11 is 3.42. The molecule has 0 heterocycles. The summed E-state index contributed by atoms with van der Waals surface area (Å²) in [6.07, 6.45) is 0. The van der Waals surface area contributed by atoms with Crippen LogP contribution >= 0.6 is 15.9 Å². The van der Waals surface area contributed by atoms with Crippen molar-refractivity contribution in [3.05, 3.63) is 83.9 Å². The summed E-state index contributed by atoms with van der Waals surface area (Å²) in [5.41, 5.74) is 4.54. The van der Waals surface area contributed by atoms with E-state index in [1.54, 1.807) is 0 Å². The first-order chi connectivity index (χ1) is 12.3. The molecule has 0 bridgehead atoms. The maximum absolute atomic E-state index is 5.93. The molecule has 3 aromatic rings. The Morgan fingerprint density at radius 1 is 0.800 bits per heavy atom. The lowest BCUT2D eigenvalue weighted by Gasteiger charge is -2.14. The van der Waals surface area contributed by atoms with Gasteiger partial charge in [0.25, 0.3) is 0 Å². The smallest absolute Gasteiger partial charge is 0.130 e. The van der Waals surface area contributed by atoms with Gasteiger partial charge in [-0.15, -0.1) is 0 Å². The molecule has 0 unspecified atom stereocenters. The van der Waals surface area contributed by atoms with E-state index >= 15 is 0 Å². The SMILES string of the molecule is Cc1cccc(-c2ccc(OCc3ccccc3)cc2)c1OCCBr. The van der Waals surface area contributed by atoms with E-state index in [-0.39, 0.29) is 0 Å². The van der Waals surface area contributed by atoms with Gasteiger partial charge in [-0.2, -0.15) is 0 Å². The van der Waals surface area contributed by atoms with Crippen molar-refractivity contribution in [2.24, 2.45) is 0 Å². The van der Waals surface area contributed by atoms with Crippen molar-refractivity contribution < 1.29 is 9.47 Å². The normalized spacial score (nSPS) is 10.5. The second-order valence-electron chi connectivity index (χ2n) is 5.79. The Morgan fingerprint density at radius 2 is 1.56 bits per heavy atom. The number of alkyl halides is 1. The van der Waals surface area contributed by atoms with Crippen LogP contribution in [0.4, 0.5) is 0 Å². The van der Waals surface area contributed by atoms with Crippen LogP contribution in [0.5, 0.6) is 11.5 Å². The van der Waals surface area contributed by atoms with Crippen LogP contribution in [-0.4, -0.2) is 11.9 Å². The van der Waals surface area contributed by atoms with E-state index in [0.717, 1.165) is 39.1 Å². The molecule has 128 valence electrons. The Bertz CT molecular complexity index is 798. The molecular weight excluding hydrogens is 376 g/mol. The Kier molecular flexibility index (Phi) is 6.13. The van der Waals surface area contributed by atoms with E-state index in [0.29, 0.717) is 13.2 Å². The maximum Gasteiger partial charge on any atom is 0.130 e. The topological polar surface area (TPSA) is 18.5 Å². The Morgan fingerprint density at radius 3 is 2.28 bits per heavy atom. The highest BCUT2D eigenvalue weighted by Crippen LogP contribution is 2.34. The van der Waals surface area contributed by atoms with Gasteiger partial charge < -0.3 is 9.47 Å². The molecule has 0 saturated heterocycles. The van der Waals surface area contributed by atoms with Crippen molar-refractivity contribution in [3.8, 4) is 22.6 Å². The highest BCUT2D eigenvalue weighted by molar-refractivity contribution is 9.09. The standard InChI is InChI=1S/C22H21BrO2/c1-17-6-5-9-21(22(17)24-15-14-23)19-10-12-20(13-11-19)25-16-18-7-3-2-4-8-18/h2-13H,14-16H2,1H3. The fourth-order valence-corrected chi connectivity index (χ4v) is 2.85. The fraction of sp³-hybridized carbons (Fsp3) is 0.182. The molecule has 0 aliphatic rings. The number of hydrogen-bond acceptors (Lipinski definition) is 2. The van der Waals surface area contributed by atoms with Crippen LogP contribution in [0, 0.1) is 6.92 Å². The van der Waals surface area contributed by atoms with Gasteiger partial charge >= 0.3 is 0 Å². The number of halogens is 1. The third-order valence-corrected chi connectivity index (χ3v) is 4.27. The van der Waals surface area contributed by atoms with Crippen molar-refractivity contribution in [2.45, 2.75) is 13.5 Å². The summed E-state index contributed by atoms with van der Waals surface area (Å²) in [5.74, 6) is 1.81. The lowest BCUT2D eigenvalue weighted by molar-refractivity contribution is 0.306. The first-order valence-electron chi connectivity index (χ1n) is 8.33. The van der Waals surface area contributed by atoms with Crippen LogP contribution in [0.1, 0.15) is 11.1 Å². The molecule has 2 nitrogen and oxygen atoms in total. The molecule has 0 aliphatic heterocycles. The molecule has 3 rings (SSSR count). The molecule has 0 saturated carbocycles. The molecule has 0 atom stereocenters. The highest BCUT2D eigenvalue weighted by atomic mass is 79.9. The second kappa shape index (κ2) is 8.72. The molecule has 0 fully saturated rings. The quantitative estimate of drug-likeness (QED) is 0.454. The molecule has 3 heteroatoms. The molecule has 0 spiro atoms. The van der Waals surface area contributed by atoms with Gasteiger partial charge in [0.2, 0.25) is 0 Å². The zero-order valence-corrected chi connectivity index (χ0v) is 15.8. The predicted octanol–water partition coefficient (Wildman–Crippen LogP) is 6.01. The Hall–Kier alpha value is -2.26. The van der Waals surface area contributed by atoms with Crippen molar-refractivity contribution in [1.82, 2.24) is 0 Å². The summed E-state index contributed by atoms with van der Waals surface area (Å²) in [5, 5.41) is 0.813. The molecular formula is C22H21BrO2. The molecule has 25 heavy (non-hydrogen) atoms. The summed E-state index contributed by atoms with van der Waals surface area (Å²) in [4.78, 5) is 0. The molecule has 3 aromatic carbocycles. The number of ether oxygens (including phenoxy) is 2. The summed E-state index contributed by atoms with van der Waals surface area (Å²) in [6.45, 7) is 3.30. The lowest BCUT2D eigenvalue weighted by Crippen LogP contribution is -2.01. The average molecular weight is 397 g/mol. The van der Waals surface area contributed by atoms with E-state index in [9.17, 15) is 0 Å². The van der Waals surface area contributed by atoms with Crippen molar-refractivity contribution >= 4 is 15.9 Å². The van der Waals surface area contributed by atoms with Crippen LogP contribution in [0.15, 0.2) is 72.8 Å². The van der Waals surface area contributed by atoms with E-state index in [2.05, 4.69) is 65.3 Å². The van der Waals surface area contributed by atoms with Gasteiger partial charge in [0.05, 0.1) is 6.61 Å². The van der Waals surface area contributed by atoms with Crippen molar-refractivity contribution in [3.63, 3.8) is 0 Å². The lowest BCUT2D eigenvalue weighted by atomic mass is 10.0. The number of rotatable bonds is 7. The van der Waals surface area contributed by atoms with Crippen molar-refractivity contribution in [2.75, 3.05) is 11.9 Å². The van der Waals surface area contributed by atoms with Gasteiger partial charge in [-0.05, 0) is 35.7 Å². The molecule has 0 aliphatic carbocycles. The summed E-state index contributed by atoms with van der Waals surface area (Å²) < 4.78 is 11.8. The van der Waals surface area contributed by atoms with E-state index in [1.807, 2.05) is 30.3 Å². The fourth-order valence-electron chi connectivity index (χ4n) is 2.68. The third-order valence-electron chi connectivity index (χ3n) is 3.95. The van der Waals surface area contributed by atoms with E-state index < -0.39 is 0 Å². The van der Waals surface area contributed by atoms with Crippen LogP contribution < -0.4 is 9.47 Å². The minimum Gasteiger partial charge on any atom is -0.492 e. The van der Waals surface area contributed by atoms with Gasteiger partial charge in [-0.1, -0.05) is 76.6 Å². The first kappa shape index (κ1) is 17.6. The van der Waals surface area contributed by atoms with Crippen LogP contribution in [0.25, 0.3) is 11.1 Å². The number of hydrogen-bond donors (Lipinski definition) is 0. The summed E-state index contributed by atoms with van der Waals surface area (Å²) in [6, 6.07) is 24.6. The summed E-state index contributed by atoms with van der Waals surface area (Å²) in [7, 11) is 0. The monoisotopic (exact) mass is 396 g/mol. The van der Waals surface area contributed by atoms with Gasteiger partial charge in [-0.3, -0.25) is 0 Å². The Balaban J connectivity index is 1.75. The highest BCUT2D eigenvalue weighted by Gasteiger charge is 2.09. The zero-order valence-electron chi connectivity index (χ0n) is 14.2. The van der Waals surface area contributed by atoms with E-state index in [1.165, 1.54) is 0 Å². The predicted molar refractivity (Wildman–Crippen MR) is 107 cm³/mol. The maximum atomic E-state index is 5.93. The number of aryl methyl sites for hydroxylation is 1. The van der Waals surface area contributed by atoms with Crippen LogP contribution in [0.2, 0.25) is 0 Å². The zero-order chi connectivity index (χ0) is 17.5. The Labute approximate surface area is 157 Å². The third kappa shape index (κ3) is 4.64.